The minimum Gasteiger partial charge on any atom is -0.497 e. The van der Waals surface area contributed by atoms with Crippen molar-refractivity contribution in [2.75, 3.05) is 12.0 Å². The molecule has 0 saturated carbocycles. The average Bonchev–Trinajstić information content (AvgIpc) is 3.06. The number of hydrogen-bond acceptors (Lipinski definition) is 5. The van der Waals surface area contributed by atoms with Crippen LogP contribution in [0.5, 0.6) is 5.75 Å². The number of hydrogen-bond donors (Lipinski definition) is 0. The average molecular weight is 353 g/mol. The first kappa shape index (κ1) is 16.6. The summed E-state index contributed by atoms with van der Waals surface area (Å²) in [7, 11) is 1.67. The molecule has 26 heavy (non-hydrogen) atoms. The standard InChI is InChI=1S/C19H23N5O2/c1-12(2)24-18-16(9-20-24)19(25)23-10-13(3)22(11-17(23)21-18)14-6-5-7-15(8-14)26-4/h5-9,12-13H,10-11H2,1-4H3. The van der Waals surface area contributed by atoms with Crippen molar-refractivity contribution < 1.29 is 4.74 Å². The molecule has 0 radical (unpaired) electrons. The van der Waals surface area contributed by atoms with Crippen molar-refractivity contribution >= 4 is 16.7 Å². The fourth-order valence-electron chi connectivity index (χ4n) is 3.56. The van der Waals surface area contributed by atoms with E-state index in [1.165, 1.54) is 0 Å². The van der Waals surface area contributed by atoms with E-state index in [-0.39, 0.29) is 17.6 Å². The minimum atomic E-state index is -0.00552. The van der Waals surface area contributed by atoms with E-state index in [9.17, 15) is 4.79 Å². The van der Waals surface area contributed by atoms with Crippen LogP contribution in [-0.4, -0.2) is 32.5 Å². The molecule has 1 unspecified atom stereocenters. The SMILES string of the molecule is COc1cccc(N2Cc3nc4c(cnn4C(C)C)c(=O)n3CC2C)c1. The first-order valence-corrected chi connectivity index (χ1v) is 8.87. The van der Waals surface area contributed by atoms with Crippen molar-refractivity contribution in [1.29, 1.82) is 0 Å². The zero-order valence-corrected chi connectivity index (χ0v) is 15.5. The number of benzene rings is 1. The summed E-state index contributed by atoms with van der Waals surface area (Å²) in [5.41, 5.74) is 1.72. The molecule has 136 valence electrons. The lowest BCUT2D eigenvalue weighted by Gasteiger charge is -2.36. The normalized spacial score (nSPS) is 17.0. The Morgan fingerprint density at radius 2 is 2.12 bits per heavy atom. The van der Waals surface area contributed by atoms with Gasteiger partial charge in [-0.25, -0.2) is 9.67 Å². The van der Waals surface area contributed by atoms with Gasteiger partial charge in [0.1, 0.15) is 17.0 Å². The molecule has 0 fully saturated rings. The lowest BCUT2D eigenvalue weighted by atomic mass is 10.1. The van der Waals surface area contributed by atoms with Crippen LogP contribution in [0.2, 0.25) is 0 Å². The predicted octanol–water partition coefficient (Wildman–Crippen LogP) is 2.59. The van der Waals surface area contributed by atoms with Crippen LogP contribution in [0.4, 0.5) is 5.69 Å². The Hall–Kier alpha value is -2.83. The molecule has 1 aromatic carbocycles. The maximum absolute atomic E-state index is 12.9. The van der Waals surface area contributed by atoms with E-state index in [1.54, 1.807) is 17.9 Å². The topological polar surface area (TPSA) is 65.2 Å². The third kappa shape index (κ3) is 2.55. The second kappa shape index (κ2) is 6.16. The van der Waals surface area contributed by atoms with Gasteiger partial charge in [0.2, 0.25) is 0 Å². The minimum absolute atomic E-state index is 0.00552. The van der Waals surface area contributed by atoms with Crippen molar-refractivity contribution in [3.63, 3.8) is 0 Å². The van der Waals surface area contributed by atoms with Crippen LogP contribution < -0.4 is 15.2 Å². The number of methoxy groups -OCH3 is 1. The van der Waals surface area contributed by atoms with Crippen molar-refractivity contribution in [3.8, 4) is 5.75 Å². The van der Waals surface area contributed by atoms with E-state index in [0.29, 0.717) is 24.1 Å². The van der Waals surface area contributed by atoms with Gasteiger partial charge in [-0.2, -0.15) is 5.10 Å². The largest absolute Gasteiger partial charge is 0.497 e. The van der Waals surface area contributed by atoms with Crippen LogP contribution in [0.15, 0.2) is 35.3 Å². The second-order valence-electron chi connectivity index (χ2n) is 7.04. The molecule has 1 aliphatic heterocycles. The molecule has 4 rings (SSSR count). The quantitative estimate of drug-likeness (QED) is 0.724. The lowest BCUT2D eigenvalue weighted by Crippen LogP contribution is -2.45. The molecule has 0 bridgehead atoms. The van der Waals surface area contributed by atoms with Crippen molar-refractivity contribution in [2.24, 2.45) is 0 Å². The van der Waals surface area contributed by atoms with Gasteiger partial charge in [0.05, 0.1) is 19.9 Å². The maximum atomic E-state index is 12.9. The molecule has 7 heteroatoms. The van der Waals surface area contributed by atoms with E-state index in [0.717, 1.165) is 17.3 Å². The highest BCUT2D eigenvalue weighted by Gasteiger charge is 2.27. The summed E-state index contributed by atoms with van der Waals surface area (Å²) >= 11 is 0. The van der Waals surface area contributed by atoms with Crippen LogP contribution >= 0.6 is 0 Å². The molecule has 7 nitrogen and oxygen atoms in total. The summed E-state index contributed by atoms with van der Waals surface area (Å²) in [6, 6.07) is 8.31. The van der Waals surface area contributed by atoms with E-state index in [4.69, 9.17) is 9.72 Å². The Labute approximate surface area is 151 Å². The summed E-state index contributed by atoms with van der Waals surface area (Å²) < 4.78 is 8.95. The van der Waals surface area contributed by atoms with Gasteiger partial charge < -0.3 is 9.64 Å². The van der Waals surface area contributed by atoms with Crippen LogP contribution in [-0.2, 0) is 13.1 Å². The van der Waals surface area contributed by atoms with Gasteiger partial charge in [0.15, 0.2) is 5.65 Å². The van der Waals surface area contributed by atoms with Crippen LogP contribution in [0, 0.1) is 0 Å². The van der Waals surface area contributed by atoms with Crippen LogP contribution in [0.3, 0.4) is 0 Å². The Kier molecular flexibility index (Phi) is 3.94. The monoisotopic (exact) mass is 353 g/mol. The molecule has 0 N–H and O–H groups in total. The Morgan fingerprint density at radius 1 is 1.31 bits per heavy atom. The van der Waals surface area contributed by atoms with E-state index in [2.05, 4.69) is 23.0 Å². The smallest absolute Gasteiger partial charge is 0.264 e. The number of nitrogens with zero attached hydrogens (tertiary/aromatic N) is 5. The molecular weight excluding hydrogens is 330 g/mol. The third-order valence-corrected chi connectivity index (χ3v) is 4.96. The summed E-state index contributed by atoms with van der Waals surface area (Å²) in [6.07, 6.45) is 1.64. The first-order chi connectivity index (χ1) is 12.5. The maximum Gasteiger partial charge on any atom is 0.264 e. The molecule has 1 atom stereocenters. The fourth-order valence-corrected chi connectivity index (χ4v) is 3.56. The summed E-state index contributed by atoms with van der Waals surface area (Å²) in [5, 5.41) is 4.94. The highest BCUT2D eigenvalue weighted by Crippen LogP contribution is 2.27. The number of fused-ring (bicyclic) bond motifs is 2. The highest BCUT2D eigenvalue weighted by atomic mass is 16.5. The number of aromatic nitrogens is 4. The van der Waals surface area contributed by atoms with Gasteiger partial charge in [-0.3, -0.25) is 9.36 Å². The molecule has 3 heterocycles. The van der Waals surface area contributed by atoms with Crippen molar-refractivity contribution in [3.05, 3.63) is 46.6 Å². The van der Waals surface area contributed by atoms with E-state index < -0.39 is 0 Å². The van der Waals surface area contributed by atoms with E-state index in [1.807, 2.05) is 36.7 Å². The lowest BCUT2D eigenvalue weighted by molar-refractivity contribution is 0.413. The Morgan fingerprint density at radius 3 is 2.85 bits per heavy atom. The number of ether oxygens (including phenoxy) is 1. The van der Waals surface area contributed by atoms with Gasteiger partial charge in [-0.15, -0.1) is 0 Å². The molecule has 0 spiro atoms. The van der Waals surface area contributed by atoms with Crippen molar-refractivity contribution in [1.82, 2.24) is 19.3 Å². The van der Waals surface area contributed by atoms with Gasteiger partial charge in [-0.05, 0) is 32.9 Å². The van der Waals surface area contributed by atoms with Crippen LogP contribution in [0.25, 0.3) is 11.0 Å². The Bertz CT molecular complexity index is 1020. The summed E-state index contributed by atoms with van der Waals surface area (Å²) in [4.78, 5) is 20.0. The summed E-state index contributed by atoms with van der Waals surface area (Å²) in [6.45, 7) is 7.37. The van der Waals surface area contributed by atoms with Gasteiger partial charge in [0, 0.05) is 30.4 Å². The van der Waals surface area contributed by atoms with Gasteiger partial charge >= 0.3 is 0 Å². The second-order valence-corrected chi connectivity index (χ2v) is 7.04. The summed E-state index contributed by atoms with van der Waals surface area (Å²) in [5.74, 6) is 1.59. The third-order valence-electron chi connectivity index (χ3n) is 4.96. The van der Waals surface area contributed by atoms with Gasteiger partial charge in [-0.1, -0.05) is 6.07 Å². The zero-order valence-electron chi connectivity index (χ0n) is 15.5. The molecular formula is C19H23N5O2. The first-order valence-electron chi connectivity index (χ1n) is 8.87. The van der Waals surface area contributed by atoms with Gasteiger partial charge in [0.25, 0.3) is 5.56 Å². The number of anilines is 1. The highest BCUT2D eigenvalue weighted by molar-refractivity contribution is 5.73. The number of rotatable bonds is 3. The molecule has 0 amide bonds. The fraction of sp³-hybridized carbons (Fsp3) is 0.421. The molecule has 3 aromatic rings. The zero-order chi connectivity index (χ0) is 18.4. The predicted molar refractivity (Wildman–Crippen MR) is 101 cm³/mol. The molecule has 1 aliphatic rings. The molecule has 0 aliphatic carbocycles. The van der Waals surface area contributed by atoms with E-state index >= 15 is 0 Å². The molecule has 0 saturated heterocycles. The van der Waals surface area contributed by atoms with Crippen molar-refractivity contribution in [2.45, 2.75) is 45.9 Å². The van der Waals surface area contributed by atoms with Crippen LogP contribution in [0.1, 0.15) is 32.6 Å². The Balaban J connectivity index is 1.81. The molecule has 2 aromatic heterocycles.